The van der Waals surface area contributed by atoms with Gasteiger partial charge in [0.1, 0.15) is 11.8 Å². The van der Waals surface area contributed by atoms with Crippen LogP contribution in [-0.4, -0.2) is 26.2 Å². The highest BCUT2D eigenvalue weighted by atomic mass is 19.1. The molecule has 0 saturated heterocycles. The predicted molar refractivity (Wildman–Crippen MR) is 89.2 cm³/mol. The van der Waals surface area contributed by atoms with Crippen LogP contribution in [0.1, 0.15) is 11.5 Å². The summed E-state index contributed by atoms with van der Waals surface area (Å²) < 4.78 is 24.0. The van der Waals surface area contributed by atoms with Gasteiger partial charge in [-0.25, -0.2) is 14.2 Å². The summed E-state index contributed by atoms with van der Waals surface area (Å²) in [6, 6.07) is 9.00. The van der Waals surface area contributed by atoms with Gasteiger partial charge in [0.05, 0.1) is 12.0 Å². The second kappa shape index (κ2) is 7.45. The Morgan fingerprint density at radius 2 is 2.22 bits per heavy atom. The number of carbonyl (C=O) groups is 1. The molecule has 0 bridgehead atoms. The topological polar surface area (TPSA) is 122 Å². The van der Waals surface area contributed by atoms with Crippen molar-refractivity contribution in [3.05, 3.63) is 66.0 Å². The maximum absolute atomic E-state index is 13.6. The second-order valence-electron chi connectivity index (χ2n) is 5.31. The Bertz CT molecular complexity index is 1070. The number of pyridine rings is 1. The van der Waals surface area contributed by atoms with Gasteiger partial charge in [0.2, 0.25) is 11.7 Å². The normalized spacial score (nSPS) is 10.2. The first-order valence-corrected chi connectivity index (χ1v) is 7.54. The summed E-state index contributed by atoms with van der Waals surface area (Å²) in [7, 11) is 0. The van der Waals surface area contributed by atoms with Crippen molar-refractivity contribution in [2.45, 2.75) is 6.42 Å². The zero-order chi connectivity index (χ0) is 19.4. The number of nitriles is 1. The molecular formula is C18H11FN4O4. The lowest BCUT2D eigenvalue weighted by Crippen LogP contribution is -2.02. The van der Waals surface area contributed by atoms with Crippen molar-refractivity contribution in [1.29, 1.82) is 5.26 Å². The van der Waals surface area contributed by atoms with Crippen molar-refractivity contribution >= 4 is 5.97 Å². The molecule has 0 radical (unpaired) electrons. The molecule has 2 heterocycles. The zero-order valence-corrected chi connectivity index (χ0v) is 13.7. The number of aromatic nitrogens is 3. The maximum Gasteiger partial charge on any atom is 0.331 e. The molecule has 0 aliphatic rings. The number of carboxylic acid groups (broad SMARTS) is 1. The maximum atomic E-state index is 13.6. The summed E-state index contributed by atoms with van der Waals surface area (Å²) in [4.78, 5) is 18.7. The fraction of sp³-hybridized carbons (Fsp3) is 0.0556. The summed E-state index contributed by atoms with van der Waals surface area (Å²) >= 11 is 0. The van der Waals surface area contributed by atoms with E-state index in [1.54, 1.807) is 0 Å². The first-order valence-electron chi connectivity index (χ1n) is 7.54. The molecular weight excluding hydrogens is 355 g/mol. The van der Waals surface area contributed by atoms with E-state index in [1.165, 1.54) is 36.5 Å². The van der Waals surface area contributed by atoms with Gasteiger partial charge in [-0.3, -0.25) is 0 Å². The van der Waals surface area contributed by atoms with E-state index in [-0.39, 0.29) is 40.9 Å². The van der Waals surface area contributed by atoms with Crippen molar-refractivity contribution < 1.29 is 23.6 Å². The summed E-state index contributed by atoms with van der Waals surface area (Å²) in [5.41, 5.74) is 0.405. The van der Waals surface area contributed by atoms with E-state index in [2.05, 4.69) is 21.7 Å². The van der Waals surface area contributed by atoms with Gasteiger partial charge in [-0.05, 0) is 30.3 Å². The molecule has 0 aliphatic heterocycles. The molecule has 9 heteroatoms. The second-order valence-corrected chi connectivity index (χ2v) is 5.31. The number of rotatable bonds is 6. The van der Waals surface area contributed by atoms with E-state index < -0.39 is 11.8 Å². The minimum absolute atomic E-state index is 0.0529. The molecule has 134 valence electrons. The SMILES string of the molecule is C=C(Cc1nc(-c2ccc(Oc3ncccc3F)cc2C#N)no1)C(=O)O. The van der Waals surface area contributed by atoms with E-state index in [4.69, 9.17) is 14.4 Å². The first-order chi connectivity index (χ1) is 13.0. The average molecular weight is 366 g/mol. The van der Waals surface area contributed by atoms with Crippen LogP contribution in [0.15, 0.2) is 53.2 Å². The molecule has 3 aromatic rings. The first kappa shape index (κ1) is 17.8. The monoisotopic (exact) mass is 366 g/mol. The highest BCUT2D eigenvalue weighted by molar-refractivity contribution is 5.86. The summed E-state index contributed by atoms with van der Waals surface area (Å²) in [5, 5.41) is 22.0. The number of carboxylic acids is 1. The number of aliphatic carboxylic acids is 1. The number of ether oxygens (including phenoxy) is 1. The van der Waals surface area contributed by atoms with Crippen LogP contribution in [0.2, 0.25) is 0 Å². The number of hydrogen-bond acceptors (Lipinski definition) is 7. The van der Waals surface area contributed by atoms with Gasteiger partial charge in [-0.1, -0.05) is 11.7 Å². The van der Waals surface area contributed by atoms with Gasteiger partial charge < -0.3 is 14.4 Å². The molecule has 0 atom stereocenters. The van der Waals surface area contributed by atoms with Crippen LogP contribution in [-0.2, 0) is 11.2 Å². The van der Waals surface area contributed by atoms with Gasteiger partial charge >= 0.3 is 5.97 Å². The molecule has 27 heavy (non-hydrogen) atoms. The third-order valence-electron chi connectivity index (χ3n) is 3.43. The molecule has 0 unspecified atom stereocenters. The van der Waals surface area contributed by atoms with Gasteiger partial charge in [0.15, 0.2) is 5.82 Å². The van der Waals surface area contributed by atoms with Crippen LogP contribution in [0.5, 0.6) is 11.6 Å². The van der Waals surface area contributed by atoms with Crippen molar-refractivity contribution in [3.63, 3.8) is 0 Å². The van der Waals surface area contributed by atoms with Gasteiger partial charge in [0.25, 0.3) is 5.88 Å². The number of nitrogens with zero attached hydrogens (tertiary/aromatic N) is 4. The van der Waals surface area contributed by atoms with Crippen LogP contribution in [0.3, 0.4) is 0 Å². The molecule has 0 amide bonds. The molecule has 8 nitrogen and oxygen atoms in total. The average Bonchev–Trinajstić information content (AvgIpc) is 3.11. The Hall–Kier alpha value is -4.06. The number of hydrogen-bond donors (Lipinski definition) is 1. The molecule has 2 aromatic heterocycles. The van der Waals surface area contributed by atoms with Crippen molar-refractivity contribution in [1.82, 2.24) is 15.1 Å². The minimum Gasteiger partial charge on any atom is -0.478 e. The third-order valence-corrected chi connectivity index (χ3v) is 3.43. The van der Waals surface area contributed by atoms with Crippen LogP contribution < -0.4 is 4.74 Å². The van der Waals surface area contributed by atoms with E-state index in [0.29, 0.717) is 5.56 Å². The Morgan fingerprint density at radius 1 is 1.41 bits per heavy atom. The Balaban J connectivity index is 1.86. The van der Waals surface area contributed by atoms with Crippen molar-refractivity contribution in [3.8, 4) is 29.1 Å². The Kier molecular flexibility index (Phi) is 4.90. The minimum atomic E-state index is -1.17. The summed E-state index contributed by atoms with van der Waals surface area (Å²) in [5.74, 6) is -1.66. The van der Waals surface area contributed by atoms with Crippen LogP contribution in [0.25, 0.3) is 11.4 Å². The third kappa shape index (κ3) is 3.96. The lowest BCUT2D eigenvalue weighted by atomic mass is 10.1. The van der Waals surface area contributed by atoms with Gasteiger partial charge in [-0.15, -0.1) is 0 Å². The Morgan fingerprint density at radius 3 is 2.93 bits per heavy atom. The summed E-state index contributed by atoms with van der Waals surface area (Å²) in [6.45, 7) is 3.39. The molecule has 0 aliphatic carbocycles. The molecule has 1 aromatic carbocycles. The fourth-order valence-corrected chi connectivity index (χ4v) is 2.13. The van der Waals surface area contributed by atoms with E-state index in [1.807, 2.05) is 6.07 Å². The molecule has 3 rings (SSSR count). The molecule has 0 spiro atoms. The fourth-order valence-electron chi connectivity index (χ4n) is 2.13. The van der Waals surface area contributed by atoms with E-state index in [9.17, 15) is 14.4 Å². The van der Waals surface area contributed by atoms with Crippen molar-refractivity contribution in [2.24, 2.45) is 0 Å². The predicted octanol–water partition coefficient (Wildman–Crippen LogP) is 3.12. The largest absolute Gasteiger partial charge is 0.478 e. The van der Waals surface area contributed by atoms with Gasteiger partial charge in [0, 0.05) is 17.3 Å². The lowest BCUT2D eigenvalue weighted by molar-refractivity contribution is -0.132. The van der Waals surface area contributed by atoms with Crippen LogP contribution >= 0.6 is 0 Å². The van der Waals surface area contributed by atoms with Gasteiger partial charge in [-0.2, -0.15) is 10.2 Å². The quantitative estimate of drug-likeness (QED) is 0.660. The molecule has 1 N–H and O–H groups in total. The smallest absolute Gasteiger partial charge is 0.331 e. The standard InChI is InChI=1S/C18H11FN4O4/c1-10(18(24)25)7-15-22-16(23-27-15)13-5-4-12(8-11(13)9-20)26-17-14(19)3-2-6-21-17/h2-6,8H,1,7H2,(H,24,25). The number of halogens is 1. The Labute approximate surface area is 152 Å². The highest BCUT2D eigenvalue weighted by Gasteiger charge is 2.16. The van der Waals surface area contributed by atoms with E-state index in [0.717, 1.165) is 0 Å². The number of benzene rings is 1. The highest BCUT2D eigenvalue weighted by Crippen LogP contribution is 2.28. The lowest BCUT2D eigenvalue weighted by Gasteiger charge is -2.07. The van der Waals surface area contributed by atoms with Crippen molar-refractivity contribution in [2.75, 3.05) is 0 Å². The zero-order valence-electron chi connectivity index (χ0n) is 13.7. The van der Waals surface area contributed by atoms with E-state index >= 15 is 0 Å². The molecule has 0 fully saturated rings. The summed E-state index contributed by atoms with van der Waals surface area (Å²) in [6.07, 6.45) is 1.26. The molecule has 0 saturated carbocycles. The van der Waals surface area contributed by atoms with Crippen LogP contribution in [0.4, 0.5) is 4.39 Å². The van der Waals surface area contributed by atoms with Crippen LogP contribution in [0, 0.1) is 17.1 Å².